The van der Waals surface area contributed by atoms with Crippen LogP contribution in [-0.2, 0) is 26.2 Å². The Labute approximate surface area is 169 Å². The minimum absolute atomic E-state index is 0.0217. The molecule has 10 heteroatoms. The largest absolute Gasteiger partial charge is 0.497 e. The molecule has 156 valence electrons. The van der Waals surface area contributed by atoms with Gasteiger partial charge in [-0.25, -0.2) is 8.42 Å². The number of carbonyl (C=O) groups excluding carboxylic acids is 2. The topological polar surface area (TPSA) is 126 Å². The van der Waals surface area contributed by atoms with Crippen LogP contribution >= 0.6 is 0 Å². The van der Waals surface area contributed by atoms with Crippen molar-refractivity contribution in [3.8, 4) is 5.75 Å². The lowest BCUT2D eigenvalue weighted by molar-refractivity contribution is -0.123. The summed E-state index contributed by atoms with van der Waals surface area (Å²) in [6.07, 6.45) is 3.35. The van der Waals surface area contributed by atoms with Crippen LogP contribution in [0.3, 0.4) is 0 Å². The van der Waals surface area contributed by atoms with Crippen LogP contribution in [0.15, 0.2) is 53.7 Å². The number of nitrogens with zero attached hydrogens (tertiary/aromatic N) is 1. The quantitative estimate of drug-likeness (QED) is 0.516. The minimum Gasteiger partial charge on any atom is -0.497 e. The Morgan fingerprint density at radius 3 is 2.34 bits per heavy atom. The maximum Gasteiger partial charge on any atom is 0.241 e. The van der Waals surface area contributed by atoms with E-state index in [0.29, 0.717) is 12.3 Å². The predicted molar refractivity (Wildman–Crippen MR) is 106 cm³/mol. The normalized spacial score (nSPS) is 12.1. The number of methoxy groups -OCH3 is 1. The van der Waals surface area contributed by atoms with Crippen LogP contribution in [0.25, 0.3) is 0 Å². The van der Waals surface area contributed by atoms with Gasteiger partial charge in [0, 0.05) is 31.9 Å². The number of nitrogens with one attached hydrogen (secondary N) is 3. The van der Waals surface area contributed by atoms with Crippen molar-refractivity contribution < 1.29 is 22.7 Å². The van der Waals surface area contributed by atoms with E-state index in [1.807, 2.05) is 0 Å². The number of hydrogen-bond acceptors (Lipinski definition) is 6. The van der Waals surface area contributed by atoms with Crippen molar-refractivity contribution in [3.63, 3.8) is 0 Å². The molecule has 2 rings (SSSR count). The number of amides is 2. The monoisotopic (exact) mass is 420 g/mol. The molecule has 0 unspecified atom stereocenters. The van der Waals surface area contributed by atoms with Crippen LogP contribution in [-0.4, -0.2) is 44.9 Å². The molecule has 0 saturated carbocycles. The maximum atomic E-state index is 12.3. The van der Waals surface area contributed by atoms with Crippen molar-refractivity contribution in [3.05, 3.63) is 54.4 Å². The highest BCUT2D eigenvalue weighted by molar-refractivity contribution is 7.89. The molecule has 29 heavy (non-hydrogen) atoms. The molecule has 2 amide bonds. The minimum atomic E-state index is -3.86. The van der Waals surface area contributed by atoms with E-state index in [-0.39, 0.29) is 23.8 Å². The van der Waals surface area contributed by atoms with Gasteiger partial charge in [-0.15, -0.1) is 0 Å². The third kappa shape index (κ3) is 7.16. The zero-order valence-electron chi connectivity index (χ0n) is 16.2. The SMILES string of the molecule is COc1ccc(S(=O)(=O)N[C@@H](C)C(=O)NCCC(=O)NCc2ccncc2)cc1. The lowest BCUT2D eigenvalue weighted by Gasteiger charge is -2.14. The summed E-state index contributed by atoms with van der Waals surface area (Å²) < 4.78 is 32.0. The Kier molecular flexibility index (Phi) is 8.10. The summed E-state index contributed by atoms with van der Waals surface area (Å²) in [7, 11) is -2.38. The highest BCUT2D eigenvalue weighted by Gasteiger charge is 2.22. The third-order valence-electron chi connectivity index (χ3n) is 3.99. The highest BCUT2D eigenvalue weighted by atomic mass is 32.2. The second-order valence-corrected chi connectivity index (χ2v) is 7.91. The van der Waals surface area contributed by atoms with Gasteiger partial charge in [-0.05, 0) is 48.9 Å². The molecule has 0 aliphatic heterocycles. The molecule has 9 nitrogen and oxygen atoms in total. The fraction of sp³-hybridized carbons (Fsp3) is 0.316. The second kappa shape index (κ2) is 10.5. The summed E-state index contributed by atoms with van der Waals surface area (Å²) in [5.74, 6) is -0.227. The van der Waals surface area contributed by atoms with E-state index in [9.17, 15) is 18.0 Å². The van der Waals surface area contributed by atoms with Crippen molar-refractivity contribution in [2.45, 2.75) is 30.8 Å². The Balaban J connectivity index is 1.75. The van der Waals surface area contributed by atoms with Crippen LogP contribution in [0.1, 0.15) is 18.9 Å². The van der Waals surface area contributed by atoms with Gasteiger partial charge in [-0.3, -0.25) is 14.6 Å². The number of benzene rings is 1. The van der Waals surface area contributed by atoms with E-state index in [0.717, 1.165) is 5.56 Å². The number of pyridine rings is 1. The Bertz CT molecular complexity index is 917. The van der Waals surface area contributed by atoms with Gasteiger partial charge in [0.15, 0.2) is 0 Å². The van der Waals surface area contributed by atoms with E-state index >= 15 is 0 Å². The van der Waals surface area contributed by atoms with E-state index in [1.165, 1.54) is 38.3 Å². The molecule has 0 aliphatic carbocycles. The van der Waals surface area contributed by atoms with Crippen molar-refractivity contribution in [2.75, 3.05) is 13.7 Å². The number of aromatic nitrogens is 1. The summed E-state index contributed by atoms with van der Waals surface area (Å²) in [6, 6.07) is 8.39. The number of hydrogen-bond donors (Lipinski definition) is 3. The lowest BCUT2D eigenvalue weighted by Crippen LogP contribution is -2.45. The standard InChI is InChI=1S/C19H24N4O5S/c1-14(23-29(26,27)17-5-3-16(28-2)4-6-17)19(25)21-12-9-18(24)22-13-15-7-10-20-11-8-15/h3-8,10-11,14,23H,9,12-13H2,1-2H3,(H,21,25)(H,22,24)/t14-/m0/s1. The van der Waals surface area contributed by atoms with Gasteiger partial charge < -0.3 is 15.4 Å². The van der Waals surface area contributed by atoms with E-state index in [1.54, 1.807) is 24.5 Å². The Morgan fingerprint density at radius 2 is 1.72 bits per heavy atom. The molecule has 0 fully saturated rings. The first-order valence-corrected chi connectivity index (χ1v) is 10.4. The van der Waals surface area contributed by atoms with Gasteiger partial charge in [-0.1, -0.05) is 0 Å². The predicted octanol–water partition coefficient (Wildman–Crippen LogP) is 0.580. The van der Waals surface area contributed by atoms with Gasteiger partial charge in [-0.2, -0.15) is 4.72 Å². The van der Waals surface area contributed by atoms with Crippen molar-refractivity contribution in [2.24, 2.45) is 0 Å². The average molecular weight is 420 g/mol. The molecule has 0 aliphatic rings. The molecule has 0 bridgehead atoms. The third-order valence-corrected chi connectivity index (χ3v) is 5.54. The summed E-state index contributed by atoms with van der Waals surface area (Å²) >= 11 is 0. The first-order chi connectivity index (χ1) is 13.8. The fourth-order valence-electron chi connectivity index (χ4n) is 2.35. The summed E-state index contributed by atoms with van der Waals surface area (Å²) in [5, 5.41) is 5.28. The number of rotatable bonds is 10. The first kappa shape index (κ1) is 22.3. The zero-order chi connectivity index (χ0) is 21.3. The molecule has 3 N–H and O–H groups in total. The number of ether oxygens (including phenoxy) is 1. The van der Waals surface area contributed by atoms with E-state index in [2.05, 4.69) is 20.3 Å². The smallest absolute Gasteiger partial charge is 0.241 e. The van der Waals surface area contributed by atoms with Crippen molar-refractivity contribution in [1.82, 2.24) is 20.3 Å². The molecule has 0 spiro atoms. The molecular formula is C19H24N4O5S. The van der Waals surface area contributed by atoms with Crippen LogP contribution in [0.5, 0.6) is 5.75 Å². The number of carbonyl (C=O) groups is 2. The van der Waals surface area contributed by atoms with Gasteiger partial charge in [0.1, 0.15) is 5.75 Å². The van der Waals surface area contributed by atoms with Gasteiger partial charge in [0.2, 0.25) is 21.8 Å². The number of sulfonamides is 1. The van der Waals surface area contributed by atoms with Gasteiger partial charge >= 0.3 is 0 Å². The van der Waals surface area contributed by atoms with Crippen LogP contribution in [0.4, 0.5) is 0 Å². The van der Waals surface area contributed by atoms with Crippen LogP contribution in [0, 0.1) is 0 Å². The average Bonchev–Trinajstić information content (AvgIpc) is 2.72. The van der Waals surface area contributed by atoms with Crippen molar-refractivity contribution in [1.29, 1.82) is 0 Å². The molecule has 1 aromatic carbocycles. The first-order valence-electron chi connectivity index (χ1n) is 8.91. The van der Waals surface area contributed by atoms with E-state index < -0.39 is 22.0 Å². The molecule has 2 aromatic rings. The molecular weight excluding hydrogens is 396 g/mol. The summed E-state index contributed by atoms with van der Waals surface area (Å²) in [5.41, 5.74) is 0.916. The van der Waals surface area contributed by atoms with Crippen molar-refractivity contribution >= 4 is 21.8 Å². The molecule has 1 aromatic heterocycles. The highest BCUT2D eigenvalue weighted by Crippen LogP contribution is 2.15. The lowest BCUT2D eigenvalue weighted by atomic mass is 10.2. The Hall–Kier alpha value is -2.98. The maximum absolute atomic E-state index is 12.3. The molecule has 1 heterocycles. The van der Waals surface area contributed by atoms with E-state index in [4.69, 9.17) is 4.74 Å². The summed E-state index contributed by atoms with van der Waals surface area (Å²) in [6.45, 7) is 1.89. The summed E-state index contributed by atoms with van der Waals surface area (Å²) in [4.78, 5) is 27.9. The van der Waals surface area contributed by atoms with Gasteiger partial charge in [0.05, 0.1) is 18.0 Å². The second-order valence-electron chi connectivity index (χ2n) is 6.19. The van der Waals surface area contributed by atoms with Gasteiger partial charge in [0.25, 0.3) is 0 Å². The fourth-order valence-corrected chi connectivity index (χ4v) is 3.55. The molecule has 0 saturated heterocycles. The van der Waals surface area contributed by atoms with Crippen LogP contribution < -0.4 is 20.1 Å². The molecule has 1 atom stereocenters. The molecule has 0 radical (unpaired) electrons. The zero-order valence-corrected chi connectivity index (χ0v) is 17.0. The Morgan fingerprint density at radius 1 is 1.07 bits per heavy atom. The van der Waals surface area contributed by atoms with Crippen LogP contribution in [0.2, 0.25) is 0 Å².